The Labute approximate surface area is 159 Å². The molecule has 0 saturated heterocycles. The summed E-state index contributed by atoms with van der Waals surface area (Å²) in [6, 6.07) is 7.33. The van der Waals surface area contributed by atoms with Crippen LogP contribution in [0.25, 0.3) is 10.2 Å². The Kier molecular flexibility index (Phi) is 5.09. The standard InChI is InChI=1S/C19H19N3O4S/c1-10(2)16-21-17-15(13(9-27-17)19(25)26)18(24)22(16)8-14(23)20-12-6-4-5-11(3)7-12/h4-7,9-10H,8H2,1-3H3,(H,20,23)(H,25,26). The highest BCUT2D eigenvalue weighted by molar-refractivity contribution is 7.17. The van der Waals surface area contributed by atoms with Crippen molar-refractivity contribution in [2.75, 3.05) is 5.32 Å². The van der Waals surface area contributed by atoms with Crippen molar-refractivity contribution in [1.29, 1.82) is 0 Å². The molecule has 1 aromatic carbocycles. The average Bonchev–Trinajstić information content (AvgIpc) is 3.01. The van der Waals surface area contributed by atoms with Crippen LogP contribution in [-0.2, 0) is 11.3 Å². The predicted octanol–water partition coefficient (Wildman–Crippen LogP) is 3.23. The fourth-order valence-corrected chi connectivity index (χ4v) is 3.77. The number of fused-ring (bicyclic) bond motifs is 1. The number of carbonyl (C=O) groups excluding carboxylic acids is 1. The molecule has 0 radical (unpaired) electrons. The zero-order chi connectivity index (χ0) is 19.7. The number of hydrogen-bond acceptors (Lipinski definition) is 5. The highest BCUT2D eigenvalue weighted by Crippen LogP contribution is 2.24. The van der Waals surface area contributed by atoms with Gasteiger partial charge in [-0.15, -0.1) is 11.3 Å². The van der Waals surface area contributed by atoms with Crippen LogP contribution >= 0.6 is 11.3 Å². The molecule has 2 aromatic heterocycles. The van der Waals surface area contributed by atoms with Gasteiger partial charge in [0, 0.05) is 17.0 Å². The third-order valence-corrected chi connectivity index (χ3v) is 4.95. The summed E-state index contributed by atoms with van der Waals surface area (Å²) in [6.07, 6.45) is 0. The van der Waals surface area contributed by atoms with Gasteiger partial charge < -0.3 is 10.4 Å². The van der Waals surface area contributed by atoms with Gasteiger partial charge in [-0.2, -0.15) is 0 Å². The Morgan fingerprint density at radius 2 is 2.07 bits per heavy atom. The Balaban J connectivity index is 2.03. The number of amides is 1. The lowest BCUT2D eigenvalue weighted by atomic mass is 10.1. The highest BCUT2D eigenvalue weighted by atomic mass is 32.1. The number of aromatic nitrogens is 2. The Morgan fingerprint density at radius 3 is 2.70 bits per heavy atom. The van der Waals surface area contributed by atoms with Crippen LogP contribution in [0, 0.1) is 6.92 Å². The summed E-state index contributed by atoms with van der Waals surface area (Å²) in [7, 11) is 0. The predicted molar refractivity (Wildman–Crippen MR) is 105 cm³/mol. The third kappa shape index (κ3) is 3.75. The zero-order valence-corrected chi connectivity index (χ0v) is 16.0. The maximum absolute atomic E-state index is 13.0. The summed E-state index contributed by atoms with van der Waals surface area (Å²) in [5.41, 5.74) is 1.03. The third-order valence-electron chi connectivity index (χ3n) is 4.07. The molecule has 3 aromatic rings. The topological polar surface area (TPSA) is 101 Å². The molecule has 2 N–H and O–H groups in total. The molecule has 140 valence electrons. The monoisotopic (exact) mass is 385 g/mol. The van der Waals surface area contributed by atoms with Gasteiger partial charge >= 0.3 is 5.97 Å². The van der Waals surface area contributed by atoms with Gasteiger partial charge in [0.25, 0.3) is 5.56 Å². The first kappa shape index (κ1) is 18.8. The number of thiophene rings is 1. The van der Waals surface area contributed by atoms with E-state index in [-0.39, 0.29) is 29.3 Å². The quantitative estimate of drug-likeness (QED) is 0.702. The molecule has 8 heteroatoms. The van der Waals surface area contributed by atoms with E-state index in [1.54, 1.807) is 6.07 Å². The summed E-state index contributed by atoms with van der Waals surface area (Å²) < 4.78 is 1.26. The number of nitrogens with zero attached hydrogens (tertiary/aromatic N) is 2. The molecule has 0 aliphatic carbocycles. The number of carbonyl (C=O) groups is 2. The molecular weight excluding hydrogens is 366 g/mol. The highest BCUT2D eigenvalue weighted by Gasteiger charge is 2.22. The van der Waals surface area contributed by atoms with Crippen molar-refractivity contribution in [2.45, 2.75) is 33.2 Å². The van der Waals surface area contributed by atoms with Gasteiger partial charge in [0.1, 0.15) is 17.2 Å². The van der Waals surface area contributed by atoms with Gasteiger partial charge in [0.05, 0.1) is 10.9 Å². The maximum Gasteiger partial charge on any atom is 0.337 e. The molecule has 2 heterocycles. The van der Waals surface area contributed by atoms with Crippen LogP contribution in [0.4, 0.5) is 5.69 Å². The number of nitrogens with one attached hydrogen (secondary N) is 1. The molecule has 0 unspecified atom stereocenters. The number of aryl methyl sites for hydroxylation is 1. The summed E-state index contributed by atoms with van der Waals surface area (Å²) >= 11 is 1.11. The number of carboxylic acids is 1. The normalized spacial score (nSPS) is 11.1. The Morgan fingerprint density at radius 1 is 1.33 bits per heavy atom. The van der Waals surface area contributed by atoms with Gasteiger partial charge in [0.2, 0.25) is 5.91 Å². The van der Waals surface area contributed by atoms with Crippen molar-refractivity contribution in [1.82, 2.24) is 9.55 Å². The van der Waals surface area contributed by atoms with Crippen LogP contribution in [0.5, 0.6) is 0 Å². The van der Waals surface area contributed by atoms with Gasteiger partial charge in [-0.05, 0) is 24.6 Å². The van der Waals surface area contributed by atoms with Gasteiger partial charge in [-0.25, -0.2) is 9.78 Å². The summed E-state index contributed by atoms with van der Waals surface area (Å²) in [5.74, 6) is -1.22. The number of benzene rings is 1. The lowest BCUT2D eigenvalue weighted by molar-refractivity contribution is -0.116. The van der Waals surface area contributed by atoms with Crippen LogP contribution in [0.3, 0.4) is 0 Å². The number of aromatic carboxylic acids is 1. The van der Waals surface area contributed by atoms with E-state index >= 15 is 0 Å². The zero-order valence-electron chi connectivity index (χ0n) is 15.1. The molecule has 7 nitrogen and oxygen atoms in total. The van der Waals surface area contributed by atoms with Crippen molar-refractivity contribution in [2.24, 2.45) is 0 Å². The van der Waals surface area contributed by atoms with Crippen molar-refractivity contribution in [3.8, 4) is 0 Å². The van der Waals surface area contributed by atoms with Crippen LogP contribution < -0.4 is 10.9 Å². The van der Waals surface area contributed by atoms with E-state index in [0.29, 0.717) is 16.3 Å². The molecule has 0 bridgehead atoms. The molecular formula is C19H19N3O4S. The second-order valence-electron chi connectivity index (χ2n) is 6.57. The van der Waals surface area contributed by atoms with Crippen molar-refractivity contribution in [3.63, 3.8) is 0 Å². The molecule has 0 saturated carbocycles. The van der Waals surface area contributed by atoms with E-state index in [1.165, 1.54) is 9.95 Å². The molecule has 0 aliphatic heterocycles. The number of hydrogen-bond donors (Lipinski definition) is 2. The van der Waals surface area contributed by atoms with Gasteiger partial charge in [-0.3, -0.25) is 14.2 Å². The van der Waals surface area contributed by atoms with E-state index < -0.39 is 11.5 Å². The second-order valence-corrected chi connectivity index (χ2v) is 7.43. The Hall–Kier alpha value is -3.00. The van der Waals surface area contributed by atoms with E-state index in [9.17, 15) is 19.5 Å². The summed E-state index contributed by atoms with van der Waals surface area (Å²) in [4.78, 5) is 41.7. The van der Waals surface area contributed by atoms with E-state index in [0.717, 1.165) is 16.9 Å². The first-order valence-corrected chi connectivity index (χ1v) is 9.27. The number of carboxylic acid groups (broad SMARTS) is 1. The van der Waals surface area contributed by atoms with Crippen LogP contribution in [-0.4, -0.2) is 26.5 Å². The first-order valence-electron chi connectivity index (χ1n) is 8.39. The molecule has 0 spiro atoms. The second kappa shape index (κ2) is 7.32. The average molecular weight is 385 g/mol. The van der Waals surface area contributed by atoms with E-state index in [1.807, 2.05) is 39.0 Å². The molecule has 27 heavy (non-hydrogen) atoms. The number of anilines is 1. The Bertz CT molecular complexity index is 1100. The molecule has 0 atom stereocenters. The fraction of sp³-hybridized carbons (Fsp3) is 0.263. The minimum atomic E-state index is -1.19. The van der Waals surface area contributed by atoms with Crippen molar-refractivity contribution < 1.29 is 14.7 Å². The lowest BCUT2D eigenvalue weighted by Gasteiger charge is -2.15. The van der Waals surface area contributed by atoms with Crippen molar-refractivity contribution in [3.05, 3.63) is 57.0 Å². The molecule has 3 rings (SSSR count). The summed E-state index contributed by atoms with van der Waals surface area (Å²) in [5, 5.41) is 13.5. The minimum absolute atomic E-state index is 0.0419. The van der Waals surface area contributed by atoms with Crippen LogP contribution in [0.2, 0.25) is 0 Å². The number of rotatable bonds is 5. The summed E-state index contributed by atoms with van der Waals surface area (Å²) in [6.45, 7) is 5.42. The minimum Gasteiger partial charge on any atom is -0.478 e. The largest absolute Gasteiger partial charge is 0.478 e. The maximum atomic E-state index is 13.0. The van der Waals surface area contributed by atoms with Crippen LogP contribution in [0.15, 0.2) is 34.4 Å². The lowest BCUT2D eigenvalue weighted by Crippen LogP contribution is -2.32. The van der Waals surface area contributed by atoms with Crippen LogP contribution in [0.1, 0.15) is 41.5 Å². The van der Waals surface area contributed by atoms with Gasteiger partial charge in [0.15, 0.2) is 0 Å². The SMILES string of the molecule is Cc1cccc(NC(=O)Cn2c(C(C)C)nc3scc(C(=O)O)c3c2=O)c1. The van der Waals surface area contributed by atoms with Crippen molar-refractivity contribution >= 4 is 39.1 Å². The smallest absolute Gasteiger partial charge is 0.337 e. The molecule has 1 amide bonds. The van der Waals surface area contributed by atoms with E-state index in [2.05, 4.69) is 10.3 Å². The fourth-order valence-electron chi connectivity index (χ4n) is 2.86. The van der Waals surface area contributed by atoms with Gasteiger partial charge in [-0.1, -0.05) is 26.0 Å². The molecule has 0 fully saturated rings. The molecule has 0 aliphatic rings. The van der Waals surface area contributed by atoms with E-state index in [4.69, 9.17) is 0 Å². The first-order chi connectivity index (χ1) is 12.8.